The van der Waals surface area contributed by atoms with Gasteiger partial charge in [-0.1, -0.05) is 27.7 Å². The molecule has 0 aliphatic carbocycles. The highest BCUT2D eigenvalue weighted by molar-refractivity contribution is 7.99. The molecule has 0 saturated carbocycles. The molecule has 1 saturated heterocycles. The monoisotopic (exact) mass is 244 g/mol. The van der Waals surface area contributed by atoms with E-state index in [2.05, 4.69) is 49.7 Å². The first-order valence-electron chi connectivity index (χ1n) is 6.62. The van der Waals surface area contributed by atoms with Gasteiger partial charge in [0.05, 0.1) is 0 Å². The molecule has 16 heavy (non-hydrogen) atoms. The van der Waals surface area contributed by atoms with Crippen LogP contribution in [0.4, 0.5) is 0 Å². The molecule has 1 aliphatic heterocycles. The van der Waals surface area contributed by atoms with E-state index in [1.54, 1.807) is 0 Å². The molecule has 0 amide bonds. The SMILES string of the molecule is CC(C)CNCC(C)CN1CCSC(C)C1. The summed E-state index contributed by atoms with van der Waals surface area (Å²) in [5.74, 6) is 2.85. The van der Waals surface area contributed by atoms with Gasteiger partial charge in [-0.3, -0.25) is 0 Å². The van der Waals surface area contributed by atoms with E-state index in [4.69, 9.17) is 0 Å². The van der Waals surface area contributed by atoms with Gasteiger partial charge in [-0.15, -0.1) is 0 Å². The summed E-state index contributed by atoms with van der Waals surface area (Å²) in [6, 6.07) is 0. The van der Waals surface area contributed by atoms with Gasteiger partial charge in [0.1, 0.15) is 0 Å². The minimum Gasteiger partial charge on any atom is -0.316 e. The lowest BCUT2D eigenvalue weighted by Gasteiger charge is -2.32. The average Bonchev–Trinajstić information content (AvgIpc) is 2.16. The maximum absolute atomic E-state index is 3.55. The largest absolute Gasteiger partial charge is 0.316 e. The van der Waals surface area contributed by atoms with Crippen LogP contribution in [0.2, 0.25) is 0 Å². The van der Waals surface area contributed by atoms with Crippen LogP contribution < -0.4 is 5.32 Å². The first kappa shape index (κ1) is 14.3. The second-order valence-electron chi connectivity index (χ2n) is 5.60. The molecule has 0 bridgehead atoms. The predicted molar refractivity (Wildman–Crippen MR) is 75.2 cm³/mol. The molecule has 1 N–H and O–H groups in total. The Hall–Kier alpha value is 0.270. The minimum atomic E-state index is 0.763. The Morgan fingerprint density at radius 2 is 2.06 bits per heavy atom. The lowest BCUT2D eigenvalue weighted by molar-refractivity contribution is 0.243. The summed E-state index contributed by atoms with van der Waals surface area (Å²) >= 11 is 2.11. The summed E-state index contributed by atoms with van der Waals surface area (Å²) in [6.07, 6.45) is 0. The third kappa shape index (κ3) is 6.12. The number of hydrogen-bond donors (Lipinski definition) is 1. The van der Waals surface area contributed by atoms with Crippen LogP contribution in [0.5, 0.6) is 0 Å². The zero-order valence-corrected chi connectivity index (χ0v) is 12.1. The Balaban J connectivity index is 2.10. The van der Waals surface area contributed by atoms with Gasteiger partial charge >= 0.3 is 0 Å². The van der Waals surface area contributed by atoms with E-state index in [1.807, 2.05) is 0 Å². The molecule has 96 valence electrons. The van der Waals surface area contributed by atoms with E-state index < -0.39 is 0 Å². The highest BCUT2D eigenvalue weighted by atomic mass is 32.2. The van der Waals surface area contributed by atoms with Crippen molar-refractivity contribution in [3.63, 3.8) is 0 Å². The molecule has 1 heterocycles. The molecular weight excluding hydrogens is 216 g/mol. The van der Waals surface area contributed by atoms with E-state index in [1.165, 1.54) is 25.4 Å². The van der Waals surface area contributed by atoms with E-state index in [-0.39, 0.29) is 0 Å². The van der Waals surface area contributed by atoms with E-state index in [0.29, 0.717) is 0 Å². The number of nitrogens with one attached hydrogen (secondary N) is 1. The molecule has 0 aromatic carbocycles. The van der Waals surface area contributed by atoms with Crippen LogP contribution in [0.3, 0.4) is 0 Å². The van der Waals surface area contributed by atoms with Crippen LogP contribution in [0, 0.1) is 11.8 Å². The smallest absolute Gasteiger partial charge is 0.0147 e. The molecule has 3 heteroatoms. The molecule has 1 aliphatic rings. The molecule has 2 unspecified atom stereocenters. The standard InChI is InChI=1S/C13H28N2S/c1-11(2)7-14-8-12(3)9-15-5-6-16-13(4)10-15/h11-14H,5-10H2,1-4H3. The maximum atomic E-state index is 3.55. The third-order valence-corrected chi connectivity index (χ3v) is 4.08. The number of rotatable bonds is 6. The predicted octanol–water partition coefficient (Wildman–Crippen LogP) is 2.31. The van der Waals surface area contributed by atoms with Crippen molar-refractivity contribution in [2.45, 2.75) is 32.9 Å². The Labute approximate surface area is 106 Å². The van der Waals surface area contributed by atoms with Crippen molar-refractivity contribution in [3.8, 4) is 0 Å². The van der Waals surface area contributed by atoms with Gasteiger partial charge in [0.2, 0.25) is 0 Å². The lowest BCUT2D eigenvalue weighted by Crippen LogP contribution is -2.41. The van der Waals surface area contributed by atoms with Gasteiger partial charge < -0.3 is 10.2 Å². The third-order valence-electron chi connectivity index (χ3n) is 2.94. The number of thioether (sulfide) groups is 1. The maximum Gasteiger partial charge on any atom is 0.0147 e. The van der Waals surface area contributed by atoms with E-state index in [9.17, 15) is 0 Å². The zero-order valence-electron chi connectivity index (χ0n) is 11.3. The van der Waals surface area contributed by atoms with Gasteiger partial charge in [0, 0.05) is 30.6 Å². The van der Waals surface area contributed by atoms with Gasteiger partial charge in [-0.25, -0.2) is 0 Å². The first-order valence-corrected chi connectivity index (χ1v) is 7.67. The summed E-state index contributed by atoms with van der Waals surface area (Å²) in [6.45, 7) is 15.4. The molecule has 0 aromatic heterocycles. The number of nitrogens with zero attached hydrogens (tertiary/aromatic N) is 1. The van der Waals surface area contributed by atoms with Crippen molar-refractivity contribution in [3.05, 3.63) is 0 Å². The molecule has 2 atom stereocenters. The van der Waals surface area contributed by atoms with E-state index in [0.717, 1.165) is 30.2 Å². The van der Waals surface area contributed by atoms with Crippen LogP contribution in [-0.4, -0.2) is 48.6 Å². The van der Waals surface area contributed by atoms with Crippen molar-refractivity contribution >= 4 is 11.8 Å². The fraction of sp³-hybridized carbons (Fsp3) is 1.00. The second-order valence-corrected chi connectivity index (χ2v) is 7.14. The molecule has 0 radical (unpaired) electrons. The van der Waals surface area contributed by atoms with Crippen molar-refractivity contribution in [2.75, 3.05) is 38.5 Å². The summed E-state index contributed by atoms with van der Waals surface area (Å²) in [5.41, 5.74) is 0. The van der Waals surface area contributed by atoms with Gasteiger partial charge in [-0.2, -0.15) is 11.8 Å². The fourth-order valence-corrected chi connectivity index (χ4v) is 3.26. The number of hydrogen-bond acceptors (Lipinski definition) is 3. The average molecular weight is 244 g/mol. The lowest BCUT2D eigenvalue weighted by atomic mass is 10.1. The van der Waals surface area contributed by atoms with Gasteiger partial charge in [-0.05, 0) is 24.9 Å². The summed E-state index contributed by atoms with van der Waals surface area (Å²) < 4.78 is 0. The molecule has 2 nitrogen and oxygen atoms in total. The Kier molecular flexibility index (Phi) is 6.78. The summed E-state index contributed by atoms with van der Waals surface area (Å²) in [5, 5.41) is 4.38. The molecule has 1 fully saturated rings. The van der Waals surface area contributed by atoms with Crippen LogP contribution in [0.25, 0.3) is 0 Å². The van der Waals surface area contributed by atoms with Crippen LogP contribution in [0.1, 0.15) is 27.7 Å². The van der Waals surface area contributed by atoms with Crippen molar-refractivity contribution in [1.29, 1.82) is 0 Å². The minimum absolute atomic E-state index is 0.763. The fourth-order valence-electron chi connectivity index (χ4n) is 2.18. The quantitative estimate of drug-likeness (QED) is 0.772. The second kappa shape index (κ2) is 7.57. The van der Waals surface area contributed by atoms with Crippen molar-refractivity contribution in [2.24, 2.45) is 11.8 Å². The van der Waals surface area contributed by atoms with Crippen LogP contribution >= 0.6 is 11.8 Å². The van der Waals surface area contributed by atoms with Crippen LogP contribution in [-0.2, 0) is 0 Å². The Morgan fingerprint density at radius 1 is 1.31 bits per heavy atom. The van der Waals surface area contributed by atoms with Crippen molar-refractivity contribution < 1.29 is 0 Å². The normalized spacial score (nSPS) is 24.9. The molecule has 0 aromatic rings. The van der Waals surface area contributed by atoms with Crippen molar-refractivity contribution in [1.82, 2.24) is 10.2 Å². The highest BCUT2D eigenvalue weighted by Gasteiger charge is 2.18. The zero-order chi connectivity index (χ0) is 12.0. The highest BCUT2D eigenvalue weighted by Crippen LogP contribution is 2.18. The summed E-state index contributed by atoms with van der Waals surface area (Å²) in [4.78, 5) is 2.63. The first-order chi connectivity index (χ1) is 7.58. The molecule has 0 spiro atoms. The molecule has 1 rings (SSSR count). The van der Waals surface area contributed by atoms with E-state index >= 15 is 0 Å². The van der Waals surface area contributed by atoms with Gasteiger partial charge in [0.25, 0.3) is 0 Å². The Morgan fingerprint density at radius 3 is 2.69 bits per heavy atom. The molecular formula is C13H28N2S. The van der Waals surface area contributed by atoms with Gasteiger partial charge in [0.15, 0.2) is 0 Å². The topological polar surface area (TPSA) is 15.3 Å². The summed E-state index contributed by atoms with van der Waals surface area (Å²) in [7, 11) is 0. The Bertz CT molecular complexity index is 185. The van der Waals surface area contributed by atoms with Crippen LogP contribution in [0.15, 0.2) is 0 Å².